The fraction of sp³-hybridized carbons (Fsp3) is 0.500. The monoisotopic (exact) mass is 488 g/mol. The summed E-state index contributed by atoms with van der Waals surface area (Å²) in [7, 11) is 1.70. The standard InChI is InChI=1S/C18H25FN6O.HI/c1-20-17(22-13-14-6-8-15(19)9-7-14)21-10-4-12-25-18(26)24-11-3-2-5-16(24)23-25;/h6-9H,2-5,10-13H2,1H3,(H2,20,21,22);1H. The second-order valence-electron chi connectivity index (χ2n) is 6.36. The third-order valence-electron chi connectivity index (χ3n) is 4.47. The molecular formula is C18H26FIN6O. The van der Waals surface area contributed by atoms with Crippen molar-refractivity contribution in [1.29, 1.82) is 0 Å². The molecule has 2 heterocycles. The smallest absolute Gasteiger partial charge is 0.345 e. The molecule has 3 rings (SSSR count). The van der Waals surface area contributed by atoms with E-state index in [2.05, 4.69) is 20.7 Å². The van der Waals surface area contributed by atoms with E-state index in [4.69, 9.17) is 0 Å². The molecule has 0 fully saturated rings. The van der Waals surface area contributed by atoms with Gasteiger partial charge in [0.15, 0.2) is 5.96 Å². The van der Waals surface area contributed by atoms with Crippen LogP contribution < -0.4 is 16.3 Å². The van der Waals surface area contributed by atoms with Crippen molar-refractivity contribution in [3.63, 3.8) is 0 Å². The Morgan fingerprint density at radius 1 is 1.26 bits per heavy atom. The van der Waals surface area contributed by atoms with Gasteiger partial charge < -0.3 is 10.6 Å². The zero-order chi connectivity index (χ0) is 18.4. The Balaban J connectivity index is 0.00000261. The number of rotatable bonds is 6. The van der Waals surface area contributed by atoms with E-state index in [0.717, 1.165) is 43.6 Å². The number of nitrogens with zero attached hydrogens (tertiary/aromatic N) is 4. The van der Waals surface area contributed by atoms with Gasteiger partial charge in [-0.3, -0.25) is 9.56 Å². The van der Waals surface area contributed by atoms with E-state index in [9.17, 15) is 9.18 Å². The van der Waals surface area contributed by atoms with Gasteiger partial charge in [0.05, 0.1) is 0 Å². The van der Waals surface area contributed by atoms with Crippen molar-refractivity contribution in [2.45, 2.75) is 45.3 Å². The number of benzene rings is 1. The van der Waals surface area contributed by atoms with Crippen LogP contribution in [-0.4, -0.2) is 33.9 Å². The van der Waals surface area contributed by atoms with Crippen molar-refractivity contribution in [3.8, 4) is 0 Å². The molecule has 0 saturated carbocycles. The molecular weight excluding hydrogens is 462 g/mol. The normalized spacial score (nSPS) is 13.6. The molecule has 1 aliphatic rings. The predicted octanol–water partition coefficient (Wildman–Crippen LogP) is 1.89. The summed E-state index contributed by atoms with van der Waals surface area (Å²) in [6.07, 6.45) is 3.82. The van der Waals surface area contributed by atoms with Crippen LogP contribution in [-0.2, 0) is 26.1 Å². The van der Waals surface area contributed by atoms with Gasteiger partial charge in [0.25, 0.3) is 0 Å². The van der Waals surface area contributed by atoms with Gasteiger partial charge >= 0.3 is 5.69 Å². The summed E-state index contributed by atoms with van der Waals surface area (Å²) in [5.74, 6) is 1.34. The molecule has 2 aromatic rings. The zero-order valence-electron chi connectivity index (χ0n) is 15.4. The van der Waals surface area contributed by atoms with Crippen molar-refractivity contribution < 1.29 is 4.39 Å². The number of halogens is 2. The lowest BCUT2D eigenvalue weighted by Gasteiger charge is -2.11. The summed E-state index contributed by atoms with van der Waals surface area (Å²) < 4.78 is 16.3. The summed E-state index contributed by atoms with van der Waals surface area (Å²) in [5, 5.41) is 10.8. The van der Waals surface area contributed by atoms with Gasteiger partial charge in [0.2, 0.25) is 0 Å². The van der Waals surface area contributed by atoms with Crippen LogP contribution in [0.4, 0.5) is 4.39 Å². The third kappa shape index (κ3) is 5.78. The van der Waals surface area contributed by atoms with E-state index in [0.29, 0.717) is 25.6 Å². The Labute approximate surface area is 175 Å². The first kappa shape index (κ1) is 21.4. The van der Waals surface area contributed by atoms with Gasteiger partial charge in [0.1, 0.15) is 11.6 Å². The number of nitrogens with one attached hydrogen (secondary N) is 2. The van der Waals surface area contributed by atoms with Crippen molar-refractivity contribution in [2.75, 3.05) is 13.6 Å². The maximum Gasteiger partial charge on any atom is 0.345 e. The van der Waals surface area contributed by atoms with Crippen LogP contribution in [0.5, 0.6) is 0 Å². The van der Waals surface area contributed by atoms with Crippen LogP contribution in [0, 0.1) is 5.82 Å². The molecule has 7 nitrogen and oxygen atoms in total. The molecule has 0 spiro atoms. The molecule has 0 radical (unpaired) electrons. The molecule has 0 saturated heterocycles. The first-order valence-corrected chi connectivity index (χ1v) is 9.03. The van der Waals surface area contributed by atoms with Gasteiger partial charge in [-0.2, -0.15) is 5.10 Å². The number of fused-ring (bicyclic) bond motifs is 1. The van der Waals surface area contributed by atoms with Crippen LogP contribution in [0.2, 0.25) is 0 Å². The Morgan fingerprint density at radius 3 is 2.74 bits per heavy atom. The minimum atomic E-state index is -0.243. The third-order valence-corrected chi connectivity index (χ3v) is 4.47. The first-order valence-electron chi connectivity index (χ1n) is 9.03. The molecule has 0 atom stereocenters. The van der Waals surface area contributed by atoms with Gasteiger partial charge in [-0.1, -0.05) is 12.1 Å². The van der Waals surface area contributed by atoms with Gasteiger partial charge in [-0.25, -0.2) is 13.9 Å². The second-order valence-corrected chi connectivity index (χ2v) is 6.36. The molecule has 1 aliphatic heterocycles. The summed E-state index contributed by atoms with van der Waals surface area (Å²) in [4.78, 5) is 16.4. The lowest BCUT2D eigenvalue weighted by molar-refractivity contribution is 0.509. The summed E-state index contributed by atoms with van der Waals surface area (Å²) in [5.41, 5.74) is 0.975. The topological polar surface area (TPSA) is 76.2 Å². The second kappa shape index (κ2) is 10.4. The van der Waals surface area contributed by atoms with Crippen molar-refractivity contribution in [2.24, 2.45) is 4.99 Å². The number of aryl methyl sites for hydroxylation is 2. The van der Waals surface area contributed by atoms with Gasteiger partial charge in [-0.05, 0) is 37.0 Å². The number of aromatic nitrogens is 3. The zero-order valence-corrected chi connectivity index (χ0v) is 17.8. The van der Waals surface area contributed by atoms with Crippen molar-refractivity contribution in [1.82, 2.24) is 25.0 Å². The van der Waals surface area contributed by atoms with E-state index in [1.165, 1.54) is 12.1 Å². The molecule has 1 aromatic heterocycles. The van der Waals surface area contributed by atoms with Gasteiger partial charge in [-0.15, -0.1) is 24.0 Å². The predicted molar refractivity (Wildman–Crippen MR) is 114 cm³/mol. The highest BCUT2D eigenvalue weighted by Gasteiger charge is 2.16. The number of hydrogen-bond acceptors (Lipinski definition) is 3. The van der Waals surface area contributed by atoms with E-state index >= 15 is 0 Å². The molecule has 0 amide bonds. The van der Waals surface area contributed by atoms with Crippen molar-refractivity contribution in [3.05, 3.63) is 52.0 Å². The van der Waals surface area contributed by atoms with Crippen LogP contribution >= 0.6 is 24.0 Å². The van der Waals surface area contributed by atoms with Crippen molar-refractivity contribution >= 4 is 29.9 Å². The maximum absolute atomic E-state index is 12.9. The van der Waals surface area contributed by atoms with Crippen LogP contribution in [0.1, 0.15) is 30.7 Å². The van der Waals surface area contributed by atoms with Crippen LogP contribution in [0.3, 0.4) is 0 Å². The fourth-order valence-corrected chi connectivity index (χ4v) is 3.04. The molecule has 2 N–H and O–H groups in total. The Kier molecular flexibility index (Phi) is 8.26. The summed E-state index contributed by atoms with van der Waals surface area (Å²) in [6, 6.07) is 6.36. The van der Waals surface area contributed by atoms with E-state index < -0.39 is 0 Å². The fourth-order valence-electron chi connectivity index (χ4n) is 3.04. The lowest BCUT2D eigenvalue weighted by Crippen LogP contribution is -2.37. The van der Waals surface area contributed by atoms with E-state index in [1.807, 2.05) is 0 Å². The lowest BCUT2D eigenvalue weighted by atomic mass is 10.2. The average molecular weight is 488 g/mol. The molecule has 27 heavy (non-hydrogen) atoms. The largest absolute Gasteiger partial charge is 0.356 e. The Bertz CT molecular complexity index is 814. The molecule has 0 bridgehead atoms. The first-order chi connectivity index (χ1) is 12.7. The minimum absolute atomic E-state index is 0. The summed E-state index contributed by atoms with van der Waals surface area (Å²) in [6.45, 7) is 2.61. The van der Waals surface area contributed by atoms with Crippen LogP contribution in [0.25, 0.3) is 0 Å². The maximum atomic E-state index is 12.9. The minimum Gasteiger partial charge on any atom is -0.356 e. The van der Waals surface area contributed by atoms with Gasteiger partial charge in [0, 0.05) is 39.6 Å². The van der Waals surface area contributed by atoms with E-state index in [-0.39, 0.29) is 35.5 Å². The highest BCUT2D eigenvalue weighted by atomic mass is 127. The number of aliphatic imine (C=N–C) groups is 1. The average Bonchev–Trinajstić information content (AvgIpc) is 2.99. The number of hydrogen-bond donors (Lipinski definition) is 2. The molecule has 9 heteroatoms. The molecule has 148 valence electrons. The number of guanidine groups is 1. The highest BCUT2D eigenvalue weighted by molar-refractivity contribution is 14.0. The Hall–Kier alpha value is -1.91. The van der Waals surface area contributed by atoms with Crippen LogP contribution in [0.15, 0.2) is 34.1 Å². The quantitative estimate of drug-likeness (QED) is 0.282. The molecule has 0 unspecified atom stereocenters. The molecule has 0 aliphatic carbocycles. The van der Waals surface area contributed by atoms with E-state index in [1.54, 1.807) is 28.4 Å². The molecule has 1 aromatic carbocycles. The SMILES string of the molecule is CN=C(NCCCn1nc2n(c1=O)CCCC2)NCc1ccc(F)cc1.I. The summed E-state index contributed by atoms with van der Waals surface area (Å²) >= 11 is 0. The highest BCUT2D eigenvalue weighted by Crippen LogP contribution is 2.09. The Morgan fingerprint density at radius 2 is 2.04 bits per heavy atom.